The topological polar surface area (TPSA) is 0 Å². The first-order chi connectivity index (χ1) is 13.7. The second kappa shape index (κ2) is 10.6. The third kappa shape index (κ3) is 5.84. The number of allylic oxidation sites excluding steroid dienone is 1. The second-order valence-electron chi connectivity index (χ2n) is 8.90. The molecule has 2 aromatic rings. The maximum absolute atomic E-state index is 4.02. The zero-order valence-corrected chi connectivity index (χ0v) is 18.1. The molecule has 0 aromatic heterocycles. The SMILES string of the molecule is C=C(C)c1ccc(-c2ccc(C3CCC(CCCCCCC)CC3)cc2)cc1. The lowest BCUT2D eigenvalue weighted by molar-refractivity contribution is 0.302. The molecular formula is C28H38. The largest absolute Gasteiger partial charge is 0.0955 e. The highest BCUT2D eigenvalue weighted by Gasteiger charge is 2.22. The molecule has 150 valence electrons. The van der Waals surface area contributed by atoms with E-state index in [1.54, 1.807) is 5.56 Å². The molecule has 0 atom stereocenters. The van der Waals surface area contributed by atoms with Crippen molar-refractivity contribution >= 4 is 5.57 Å². The van der Waals surface area contributed by atoms with Gasteiger partial charge in [-0.15, -0.1) is 0 Å². The summed E-state index contributed by atoms with van der Waals surface area (Å²) in [6.45, 7) is 8.38. The Morgan fingerprint density at radius 1 is 0.786 bits per heavy atom. The highest BCUT2D eigenvalue weighted by Crippen LogP contribution is 2.38. The standard InChI is InChI=1S/C28H38/c1-4-5-6-7-8-9-23-10-12-25(13-11-23)27-18-20-28(21-19-27)26-16-14-24(15-17-26)22(2)3/h14-21,23,25H,2,4-13H2,1,3H3. The molecule has 0 heteroatoms. The van der Waals surface area contributed by atoms with Crippen molar-refractivity contribution in [2.75, 3.05) is 0 Å². The van der Waals surface area contributed by atoms with E-state index >= 15 is 0 Å². The van der Waals surface area contributed by atoms with Gasteiger partial charge in [0.2, 0.25) is 0 Å². The molecule has 0 nitrogen and oxygen atoms in total. The summed E-state index contributed by atoms with van der Waals surface area (Å²) >= 11 is 0. The Morgan fingerprint density at radius 3 is 1.93 bits per heavy atom. The van der Waals surface area contributed by atoms with Crippen molar-refractivity contribution in [2.24, 2.45) is 5.92 Å². The molecule has 0 aliphatic heterocycles. The number of hydrogen-bond donors (Lipinski definition) is 0. The first kappa shape index (κ1) is 20.9. The Bertz CT molecular complexity index is 712. The molecule has 1 aliphatic rings. The minimum atomic E-state index is 0.774. The molecule has 0 spiro atoms. The average Bonchev–Trinajstić information content (AvgIpc) is 2.74. The van der Waals surface area contributed by atoms with Gasteiger partial charge in [-0.2, -0.15) is 0 Å². The zero-order valence-electron chi connectivity index (χ0n) is 18.1. The summed E-state index contributed by atoms with van der Waals surface area (Å²) in [6.07, 6.45) is 14.2. The molecule has 28 heavy (non-hydrogen) atoms. The number of benzene rings is 2. The highest BCUT2D eigenvalue weighted by atomic mass is 14.3. The van der Waals surface area contributed by atoms with Gasteiger partial charge in [0.1, 0.15) is 0 Å². The lowest BCUT2D eigenvalue weighted by atomic mass is 9.77. The van der Waals surface area contributed by atoms with Gasteiger partial charge in [0.05, 0.1) is 0 Å². The summed E-state index contributed by atoms with van der Waals surface area (Å²) in [6, 6.07) is 18.1. The lowest BCUT2D eigenvalue weighted by Gasteiger charge is -2.29. The Hall–Kier alpha value is -1.82. The summed E-state index contributed by atoms with van der Waals surface area (Å²) < 4.78 is 0. The van der Waals surface area contributed by atoms with Crippen molar-refractivity contribution in [1.29, 1.82) is 0 Å². The van der Waals surface area contributed by atoms with E-state index in [9.17, 15) is 0 Å². The molecule has 1 aliphatic carbocycles. The van der Waals surface area contributed by atoms with E-state index in [2.05, 4.69) is 69.0 Å². The van der Waals surface area contributed by atoms with Crippen LogP contribution >= 0.6 is 0 Å². The maximum Gasteiger partial charge on any atom is -0.0162 e. The molecule has 1 saturated carbocycles. The molecule has 0 heterocycles. The van der Waals surface area contributed by atoms with Gasteiger partial charge in [0.25, 0.3) is 0 Å². The van der Waals surface area contributed by atoms with Gasteiger partial charge in [0, 0.05) is 0 Å². The Morgan fingerprint density at radius 2 is 1.36 bits per heavy atom. The van der Waals surface area contributed by atoms with Crippen LogP contribution in [0.25, 0.3) is 16.7 Å². The van der Waals surface area contributed by atoms with Crippen LogP contribution in [0.2, 0.25) is 0 Å². The summed E-state index contributed by atoms with van der Waals surface area (Å²) in [5.41, 5.74) is 6.51. The molecule has 0 saturated heterocycles. The van der Waals surface area contributed by atoms with Gasteiger partial charge < -0.3 is 0 Å². The lowest BCUT2D eigenvalue weighted by Crippen LogP contribution is -2.13. The van der Waals surface area contributed by atoms with Gasteiger partial charge >= 0.3 is 0 Å². The Kier molecular flexibility index (Phi) is 7.95. The summed E-state index contributed by atoms with van der Waals surface area (Å²) in [5.74, 6) is 1.76. The molecule has 0 N–H and O–H groups in total. The monoisotopic (exact) mass is 374 g/mol. The minimum Gasteiger partial charge on any atom is -0.0955 e. The average molecular weight is 375 g/mol. The fraction of sp³-hybridized carbons (Fsp3) is 0.500. The fourth-order valence-electron chi connectivity index (χ4n) is 4.72. The van der Waals surface area contributed by atoms with Crippen LogP contribution in [-0.2, 0) is 0 Å². The first-order valence-corrected chi connectivity index (χ1v) is 11.5. The Labute approximate surface area is 173 Å². The third-order valence-corrected chi connectivity index (χ3v) is 6.66. The van der Waals surface area contributed by atoms with E-state index in [1.165, 1.54) is 80.9 Å². The smallest absolute Gasteiger partial charge is 0.0162 e. The molecule has 3 rings (SSSR count). The van der Waals surface area contributed by atoms with Crippen LogP contribution in [0, 0.1) is 5.92 Å². The predicted octanol–water partition coefficient (Wildman–Crippen LogP) is 9.02. The van der Waals surface area contributed by atoms with E-state index in [0.717, 1.165) is 17.4 Å². The van der Waals surface area contributed by atoms with E-state index in [4.69, 9.17) is 0 Å². The van der Waals surface area contributed by atoms with Crippen molar-refractivity contribution in [3.63, 3.8) is 0 Å². The van der Waals surface area contributed by atoms with Crippen molar-refractivity contribution in [2.45, 2.75) is 84.0 Å². The van der Waals surface area contributed by atoms with Crippen LogP contribution in [0.5, 0.6) is 0 Å². The van der Waals surface area contributed by atoms with E-state index in [-0.39, 0.29) is 0 Å². The van der Waals surface area contributed by atoms with Crippen LogP contribution in [0.3, 0.4) is 0 Å². The maximum atomic E-state index is 4.02. The van der Waals surface area contributed by atoms with Gasteiger partial charge in [-0.05, 0) is 66.7 Å². The van der Waals surface area contributed by atoms with Crippen molar-refractivity contribution in [3.8, 4) is 11.1 Å². The van der Waals surface area contributed by atoms with E-state index in [1.807, 2.05) is 0 Å². The van der Waals surface area contributed by atoms with Crippen molar-refractivity contribution in [3.05, 3.63) is 66.2 Å². The molecule has 0 radical (unpaired) electrons. The first-order valence-electron chi connectivity index (χ1n) is 11.5. The van der Waals surface area contributed by atoms with Crippen molar-refractivity contribution < 1.29 is 0 Å². The summed E-state index contributed by atoms with van der Waals surface area (Å²) in [7, 11) is 0. The van der Waals surface area contributed by atoms with Gasteiger partial charge in [-0.1, -0.05) is 106 Å². The summed E-state index contributed by atoms with van der Waals surface area (Å²) in [5, 5.41) is 0. The normalized spacial score (nSPS) is 19.5. The number of unbranched alkanes of at least 4 members (excludes halogenated alkanes) is 4. The molecule has 0 bridgehead atoms. The van der Waals surface area contributed by atoms with E-state index < -0.39 is 0 Å². The Balaban J connectivity index is 1.48. The third-order valence-electron chi connectivity index (χ3n) is 6.66. The molecule has 0 amide bonds. The minimum absolute atomic E-state index is 0.774. The van der Waals surface area contributed by atoms with Crippen LogP contribution in [0.15, 0.2) is 55.1 Å². The van der Waals surface area contributed by atoms with Crippen molar-refractivity contribution in [1.82, 2.24) is 0 Å². The number of rotatable bonds is 9. The predicted molar refractivity (Wildman–Crippen MR) is 125 cm³/mol. The quantitative estimate of drug-likeness (QED) is 0.384. The highest BCUT2D eigenvalue weighted by molar-refractivity contribution is 5.68. The van der Waals surface area contributed by atoms with Crippen LogP contribution in [-0.4, -0.2) is 0 Å². The van der Waals surface area contributed by atoms with Gasteiger partial charge in [0.15, 0.2) is 0 Å². The zero-order chi connectivity index (χ0) is 19.8. The summed E-state index contributed by atoms with van der Waals surface area (Å²) in [4.78, 5) is 0. The van der Waals surface area contributed by atoms with Gasteiger partial charge in [-0.25, -0.2) is 0 Å². The van der Waals surface area contributed by atoms with Crippen LogP contribution in [0.1, 0.15) is 95.1 Å². The molecule has 2 aromatic carbocycles. The molecule has 1 fully saturated rings. The fourth-order valence-corrected chi connectivity index (χ4v) is 4.72. The molecular weight excluding hydrogens is 336 g/mol. The number of hydrogen-bond acceptors (Lipinski definition) is 0. The molecule has 0 unspecified atom stereocenters. The van der Waals surface area contributed by atoms with Crippen LogP contribution in [0.4, 0.5) is 0 Å². The van der Waals surface area contributed by atoms with Gasteiger partial charge in [-0.3, -0.25) is 0 Å². The van der Waals surface area contributed by atoms with E-state index in [0.29, 0.717) is 0 Å². The van der Waals surface area contributed by atoms with Crippen LogP contribution < -0.4 is 0 Å². The second-order valence-corrected chi connectivity index (χ2v) is 8.90.